The fourth-order valence-corrected chi connectivity index (χ4v) is 2.91. The van der Waals surface area contributed by atoms with Gasteiger partial charge in [0.2, 0.25) is 5.88 Å². The Kier molecular flexibility index (Phi) is 4.25. The highest BCUT2D eigenvalue weighted by Gasteiger charge is 2.31. The van der Waals surface area contributed by atoms with E-state index in [4.69, 9.17) is 4.74 Å². The number of alkyl halides is 3. The predicted molar refractivity (Wildman–Crippen MR) is 88.9 cm³/mol. The van der Waals surface area contributed by atoms with Crippen LogP contribution in [-0.2, 0) is 12.6 Å². The minimum atomic E-state index is -4.70. The van der Waals surface area contributed by atoms with Gasteiger partial charge in [0.1, 0.15) is 11.6 Å². The van der Waals surface area contributed by atoms with Gasteiger partial charge in [-0.2, -0.15) is 18.3 Å². The minimum absolute atomic E-state index is 0.0410. The van der Waals surface area contributed by atoms with E-state index in [2.05, 4.69) is 15.4 Å². The number of carbonyl (C=O) groups is 1. The topological polar surface area (TPSA) is 69.0 Å². The average molecular weight is 392 g/mol. The van der Waals surface area contributed by atoms with Gasteiger partial charge in [0.15, 0.2) is 0 Å². The number of nitrogens with zero attached hydrogens (tertiary/aromatic N) is 3. The van der Waals surface area contributed by atoms with Crippen LogP contribution in [0.4, 0.5) is 17.6 Å². The van der Waals surface area contributed by atoms with Crippen molar-refractivity contribution in [3.8, 4) is 17.3 Å². The van der Waals surface area contributed by atoms with E-state index in [1.165, 1.54) is 23.1 Å². The second kappa shape index (κ2) is 6.63. The van der Waals surface area contributed by atoms with Crippen molar-refractivity contribution in [2.75, 3.05) is 6.54 Å². The third kappa shape index (κ3) is 3.40. The molecule has 144 valence electrons. The third-order valence-electron chi connectivity index (χ3n) is 4.14. The van der Waals surface area contributed by atoms with Gasteiger partial charge in [0.05, 0.1) is 28.7 Å². The van der Waals surface area contributed by atoms with Gasteiger partial charge in [-0.1, -0.05) is 0 Å². The number of halogens is 4. The Morgan fingerprint density at radius 1 is 1.18 bits per heavy atom. The molecule has 1 amide bonds. The van der Waals surface area contributed by atoms with Crippen LogP contribution in [0.1, 0.15) is 21.6 Å². The monoisotopic (exact) mass is 392 g/mol. The lowest BCUT2D eigenvalue weighted by Crippen LogP contribution is -2.32. The molecule has 1 aromatic carbocycles. The van der Waals surface area contributed by atoms with Gasteiger partial charge in [-0.05, 0) is 18.2 Å². The van der Waals surface area contributed by atoms with Gasteiger partial charge in [0, 0.05) is 31.3 Å². The number of rotatable bonds is 3. The number of nitrogens with one attached hydrogen (secondary N) is 1. The van der Waals surface area contributed by atoms with E-state index >= 15 is 0 Å². The number of fused-ring (bicyclic) bond motifs is 1. The van der Waals surface area contributed by atoms with Crippen LogP contribution in [0.15, 0.2) is 42.7 Å². The zero-order chi connectivity index (χ0) is 19.9. The first-order valence-electron chi connectivity index (χ1n) is 8.18. The van der Waals surface area contributed by atoms with Crippen molar-refractivity contribution < 1.29 is 27.1 Å². The lowest BCUT2D eigenvalue weighted by Gasteiger charge is -2.15. The summed E-state index contributed by atoms with van der Waals surface area (Å²) in [5, 5.41) is 6.90. The summed E-state index contributed by atoms with van der Waals surface area (Å²) >= 11 is 0. The second-order valence-corrected chi connectivity index (χ2v) is 6.05. The summed E-state index contributed by atoms with van der Waals surface area (Å²) in [5.74, 6) is -1.68. The molecule has 3 aromatic rings. The molecular weight excluding hydrogens is 380 g/mol. The third-order valence-corrected chi connectivity index (χ3v) is 4.14. The molecule has 1 N–H and O–H groups in total. The van der Waals surface area contributed by atoms with Crippen LogP contribution in [-0.4, -0.2) is 27.2 Å². The molecule has 0 fully saturated rings. The molecule has 0 spiro atoms. The van der Waals surface area contributed by atoms with Crippen molar-refractivity contribution in [3.63, 3.8) is 0 Å². The highest BCUT2D eigenvalue weighted by molar-refractivity contribution is 5.96. The summed E-state index contributed by atoms with van der Waals surface area (Å²) in [5.41, 5.74) is 0.496. The Morgan fingerprint density at radius 2 is 2.00 bits per heavy atom. The van der Waals surface area contributed by atoms with Crippen LogP contribution in [0.25, 0.3) is 5.69 Å². The molecule has 10 heteroatoms. The number of pyridine rings is 1. The number of amides is 1. The van der Waals surface area contributed by atoms with E-state index in [0.717, 1.165) is 6.07 Å². The Balaban J connectivity index is 1.66. The standard InChI is InChI=1S/C18H12F4N4O2/c19-11-5-10(18(20,21)22)6-13(7-11)28-16-8-12(1-3-23-16)26-15-2-4-24-17(27)14(15)9-25-26/h1,3,5-9H,2,4H2,(H,24,27). The molecule has 1 aliphatic heterocycles. The fourth-order valence-electron chi connectivity index (χ4n) is 2.91. The highest BCUT2D eigenvalue weighted by atomic mass is 19.4. The van der Waals surface area contributed by atoms with E-state index in [0.29, 0.717) is 42.0 Å². The molecule has 0 atom stereocenters. The van der Waals surface area contributed by atoms with Crippen molar-refractivity contribution in [2.24, 2.45) is 0 Å². The first-order valence-corrected chi connectivity index (χ1v) is 8.18. The summed E-state index contributed by atoms with van der Waals surface area (Å²) in [6, 6.07) is 4.97. The van der Waals surface area contributed by atoms with Gasteiger partial charge in [-0.3, -0.25) is 4.79 Å². The van der Waals surface area contributed by atoms with E-state index in [1.807, 2.05) is 0 Å². The average Bonchev–Trinajstić information content (AvgIpc) is 3.06. The minimum Gasteiger partial charge on any atom is -0.439 e. The fraction of sp³-hybridized carbons (Fsp3) is 0.167. The number of hydrogen-bond donors (Lipinski definition) is 1. The van der Waals surface area contributed by atoms with E-state index in [1.54, 1.807) is 6.07 Å². The smallest absolute Gasteiger partial charge is 0.416 e. The van der Waals surface area contributed by atoms with Crippen molar-refractivity contribution in [1.82, 2.24) is 20.1 Å². The van der Waals surface area contributed by atoms with Gasteiger partial charge in [-0.15, -0.1) is 0 Å². The number of hydrogen-bond acceptors (Lipinski definition) is 4. The maximum Gasteiger partial charge on any atom is 0.416 e. The summed E-state index contributed by atoms with van der Waals surface area (Å²) in [7, 11) is 0. The molecule has 0 radical (unpaired) electrons. The first-order chi connectivity index (χ1) is 13.3. The van der Waals surface area contributed by atoms with Gasteiger partial charge < -0.3 is 10.1 Å². The summed E-state index contributed by atoms with van der Waals surface area (Å²) in [6.07, 6.45) is -1.32. The molecule has 0 saturated carbocycles. The van der Waals surface area contributed by atoms with Gasteiger partial charge >= 0.3 is 6.18 Å². The molecule has 4 rings (SSSR count). The van der Waals surface area contributed by atoms with Crippen LogP contribution in [0.3, 0.4) is 0 Å². The first kappa shape index (κ1) is 18.0. The Morgan fingerprint density at radius 3 is 2.79 bits per heavy atom. The number of benzene rings is 1. The van der Waals surface area contributed by atoms with Crippen LogP contribution < -0.4 is 10.1 Å². The van der Waals surface area contributed by atoms with Crippen LogP contribution in [0.5, 0.6) is 11.6 Å². The molecule has 1 aliphatic rings. The molecule has 0 aliphatic carbocycles. The van der Waals surface area contributed by atoms with Crippen LogP contribution in [0.2, 0.25) is 0 Å². The maximum atomic E-state index is 13.5. The second-order valence-electron chi connectivity index (χ2n) is 6.05. The summed E-state index contributed by atoms with van der Waals surface area (Å²) < 4.78 is 58.9. The van der Waals surface area contributed by atoms with Crippen LogP contribution >= 0.6 is 0 Å². The number of carbonyl (C=O) groups excluding carboxylic acids is 1. The Bertz CT molecular complexity index is 1060. The normalized spacial score (nSPS) is 13.8. The summed E-state index contributed by atoms with van der Waals surface area (Å²) in [6.45, 7) is 0.468. The lowest BCUT2D eigenvalue weighted by molar-refractivity contribution is -0.137. The van der Waals surface area contributed by atoms with E-state index < -0.39 is 17.6 Å². The molecule has 6 nitrogen and oxygen atoms in total. The molecular formula is C18H12F4N4O2. The maximum absolute atomic E-state index is 13.5. The Hall–Kier alpha value is -3.43. The lowest BCUT2D eigenvalue weighted by atomic mass is 10.1. The largest absolute Gasteiger partial charge is 0.439 e. The molecule has 0 unspecified atom stereocenters. The molecule has 3 heterocycles. The van der Waals surface area contributed by atoms with Crippen LogP contribution in [0, 0.1) is 5.82 Å². The van der Waals surface area contributed by atoms with E-state index in [-0.39, 0.29) is 17.5 Å². The zero-order valence-electron chi connectivity index (χ0n) is 14.1. The number of ether oxygens (including phenoxy) is 1. The SMILES string of the molecule is O=C1NCCc2c1cnn2-c1ccnc(Oc2cc(F)cc(C(F)(F)F)c2)c1. The zero-order valence-corrected chi connectivity index (χ0v) is 14.1. The van der Waals surface area contributed by atoms with Gasteiger partial charge in [-0.25, -0.2) is 14.1 Å². The van der Waals surface area contributed by atoms with Crippen molar-refractivity contribution in [3.05, 3.63) is 65.4 Å². The molecule has 0 saturated heterocycles. The number of aromatic nitrogens is 3. The quantitative estimate of drug-likeness (QED) is 0.693. The summed E-state index contributed by atoms with van der Waals surface area (Å²) in [4.78, 5) is 15.8. The van der Waals surface area contributed by atoms with Crippen molar-refractivity contribution in [2.45, 2.75) is 12.6 Å². The van der Waals surface area contributed by atoms with Gasteiger partial charge in [0.25, 0.3) is 5.91 Å². The van der Waals surface area contributed by atoms with Crippen molar-refractivity contribution >= 4 is 5.91 Å². The molecule has 2 aromatic heterocycles. The van der Waals surface area contributed by atoms with E-state index in [9.17, 15) is 22.4 Å². The molecule has 28 heavy (non-hydrogen) atoms. The Labute approximate surface area is 155 Å². The molecule has 0 bridgehead atoms. The highest BCUT2D eigenvalue weighted by Crippen LogP contribution is 2.33. The van der Waals surface area contributed by atoms with Crippen molar-refractivity contribution in [1.29, 1.82) is 0 Å². The predicted octanol–water partition coefficient (Wildman–Crippen LogP) is 3.50.